The van der Waals surface area contributed by atoms with E-state index < -0.39 is 5.97 Å². The maximum atomic E-state index is 12.4. The van der Waals surface area contributed by atoms with Crippen LogP contribution in [0.25, 0.3) is 9.40 Å². The van der Waals surface area contributed by atoms with E-state index in [1.54, 1.807) is 11.3 Å². The highest BCUT2D eigenvalue weighted by Gasteiger charge is 2.25. The molecule has 0 saturated carbocycles. The summed E-state index contributed by atoms with van der Waals surface area (Å²) in [5.41, 5.74) is 0. The first kappa shape index (κ1) is 14.5. The lowest BCUT2D eigenvalue weighted by molar-refractivity contribution is -0.145. The van der Waals surface area contributed by atoms with Crippen molar-refractivity contribution < 1.29 is 19.4 Å². The number of hydrogen-bond donors (Lipinski definition) is 1. The molecule has 0 radical (unpaired) electrons. The van der Waals surface area contributed by atoms with Gasteiger partial charge in [-0.2, -0.15) is 0 Å². The zero-order valence-electron chi connectivity index (χ0n) is 11.3. The van der Waals surface area contributed by atoms with Crippen LogP contribution >= 0.6 is 22.7 Å². The number of carboxylic acid groups (broad SMARTS) is 1. The Hall–Kier alpha value is -1.44. The molecule has 3 heterocycles. The van der Waals surface area contributed by atoms with Gasteiger partial charge in [0, 0.05) is 22.5 Å². The number of carboxylic acids is 1. The minimum atomic E-state index is -0.952. The van der Waals surface area contributed by atoms with Crippen molar-refractivity contribution in [2.45, 2.75) is 18.9 Å². The van der Waals surface area contributed by atoms with Crippen LogP contribution in [0.4, 0.5) is 0 Å². The van der Waals surface area contributed by atoms with Gasteiger partial charge in [0.1, 0.15) is 6.61 Å². The molecule has 2 aromatic rings. The average Bonchev–Trinajstić information content (AvgIpc) is 3.06. The van der Waals surface area contributed by atoms with Crippen LogP contribution < -0.4 is 0 Å². The Morgan fingerprint density at radius 1 is 1.33 bits per heavy atom. The molecular weight excluding hydrogens is 310 g/mol. The van der Waals surface area contributed by atoms with Crippen LogP contribution in [0, 0.1) is 0 Å². The van der Waals surface area contributed by atoms with Gasteiger partial charge in [0.2, 0.25) is 0 Å². The summed E-state index contributed by atoms with van der Waals surface area (Å²) in [5.74, 6) is -0.882. The van der Waals surface area contributed by atoms with Gasteiger partial charge in [0.25, 0.3) is 5.91 Å². The lowest BCUT2D eigenvalue weighted by Gasteiger charge is -2.31. The Morgan fingerprint density at radius 2 is 2.10 bits per heavy atom. The molecule has 1 amide bonds. The summed E-state index contributed by atoms with van der Waals surface area (Å²) in [6, 6.07) is 3.99. The minimum Gasteiger partial charge on any atom is -0.480 e. The SMILES string of the molecule is O=C(O)COC1CCN(C(=O)c2cc3sccc3s2)CC1. The van der Waals surface area contributed by atoms with Gasteiger partial charge < -0.3 is 14.7 Å². The minimum absolute atomic E-state index is 0.0584. The maximum Gasteiger partial charge on any atom is 0.329 e. The van der Waals surface area contributed by atoms with Gasteiger partial charge in [-0.1, -0.05) is 0 Å². The Bertz CT molecular complexity index is 626. The predicted octanol–water partition coefficient (Wildman–Crippen LogP) is 2.67. The molecule has 3 rings (SSSR count). The smallest absolute Gasteiger partial charge is 0.329 e. The fraction of sp³-hybridized carbons (Fsp3) is 0.429. The van der Waals surface area contributed by atoms with Gasteiger partial charge in [-0.05, 0) is 30.4 Å². The van der Waals surface area contributed by atoms with Gasteiger partial charge in [-0.25, -0.2) is 4.79 Å². The molecular formula is C14H15NO4S2. The lowest BCUT2D eigenvalue weighted by Crippen LogP contribution is -2.41. The third-order valence-corrected chi connectivity index (χ3v) is 5.60. The molecule has 1 saturated heterocycles. The van der Waals surface area contributed by atoms with Crippen molar-refractivity contribution in [3.63, 3.8) is 0 Å². The largest absolute Gasteiger partial charge is 0.480 e. The summed E-state index contributed by atoms with van der Waals surface area (Å²) in [5, 5.41) is 10.6. The van der Waals surface area contributed by atoms with Crippen molar-refractivity contribution in [1.82, 2.24) is 4.90 Å². The van der Waals surface area contributed by atoms with Crippen molar-refractivity contribution in [3.05, 3.63) is 22.4 Å². The number of piperidine rings is 1. The number of likely N-dealkylation sites (tertiary alicyclic amines) is 1. The van der Waals surface area contributed by atoms with Gasteiger partial charge in [-0.15, -0.1) is 22.7 Å². The van der Waals surface area contributed by atoms with E-state index in [0.29, 0.717) is 25.9 Å². The number of ether oxygens (including phenoxy) is 1. The van der Waals surface area contributed by atoms with E-state index in [0.717, 1.165) is 14.3 Å². The molecule has 0 atom stereocenters. The highest BCUT2D eigenvalue weighted by atomic mass is 32.1. The number of thiophene rings is 2. The van der Waals surface area contributed by atoms with Crippen molar-refractivity contribution in [1.29, 1.82) is 0 Å². The fourth-order valence-electron chi connectivity index (χ4n) is 2.44. The monoisotopic (exact) mass is 325 g/mol. The summed E-state index contributed by atoms with van der Waals surface area (Å²) in [4.78, 5) is 25.5. The lowest BCUT2D eigenvalue weighted by atomic mass is 10.1. The molecule has 7 heteroatoms. The molecule has 1 aliphatic rings. The number of nitrogens with zero attached hydrogens (tertiary/aromatic N) is 1. The van der Waals surface area contributed by atoms with Crippen LogP contribution in [0.2, 0.25) is 0 Å². The number of fused-ring (bicyclic) bond motifs is 1. The molecule has 0 aromatic carbocycles. The van der Waals surface area contributed by atoms with Crippen molar-refractivity contribution >= 4 is 43.9 Å². The van der Waals surface area contributed by atoms with Crippen molar-refractivity contribution in [3.8, 4) is 0 Å². The van der Waals surface area contributed by atoms with Crippen LogP contribution in [-0.4, -0.2) is 47.7 Å². The van der Waals surface area contributed by atoms with E-state index in [1.165, 1.54) is 11.3 Å². The molecule has 112 valence electrons. The van der Waals surface area contributed by atoms with Crippen LogP contribution in [0.3, 0.4) is 0 Å². The van der Waals surface area contributed by atoms with Crippen LogP contribution in [0.15, 0.2) is 17.5 Å². The van der Waals surface area contributed by atoms with E-state index in [4.69, 9.17) is 9.84 Å². The zero-order valence-corrected chi connectivity index (χ0v) is 12.9. The van der Waals surface area contributed by atoms with Crippen molar-refractivity contribution in [2.75, 3.05) is 19.7 Å². The van der Waals surface area contributed by atoms with Gasteiger partial charge in [-0.3, -0.25) is 4.79 Å². The number of hydrogen-bond acceptors (Lipinski definition) is 5. The number of carbonyl (C=O) groups is 2. The molecule has 0 bridgehead atoms. The molecule has 1 aliphatic heterocycles. The van der Waals surface area contributed by atoms with Gasteiger partial charge in [0.15, 0.2) is 0 Å². The van der Waals surface area contributed by atoms with E-state index in [2.05, 4.69) is 0 Å². The van der Waals surface area contributed by atoms with Crippen molar-refractivity contribution in [2.24, 2.45) is 0 Å². The van der Waals surface area contributed by atoms with E-state index >= 15 is 0 Å². The van der Waals surface area contributed by atoms with Crippen LogP contribution in [0.5, 0.6) is 0 Å². The van der Waals surface area contributed by atoms with E-state index in [-0.39, 0.29) is 18.6 Å². The molecule has 2 aromatic heterocycles. The number of rotatable bonds is 4. The molecule has 21 heavy (non-hydrogen) atoms. The second-order valence-corrected chi connectivity index (χ2v) is 6.99. The summed E-state index contributed by atoms with van der Waals surface area (Å²) < 4.78 is 7.59. The third kappa shape index (κ3) is 3.25. The Labute approximate surface area is 129 Å². The third-order valence-electron chi connectivity index (χ3n) is 3.52. The quantitative estimate of drug-likeness (QED) is 0.938. The summed E-state index contributed by atoms with van der Waals surface area (Å²) >= 11 is 3.18. The normalized spacial score (nSPS) is 16.5. The molecule has 5 nitrogen and oxygen atoms in total. The summed E-state index contributed by atoms with van der Waals surface area (Å²) in [6.07, 6.45) is 1.33. The predicted molar refractivity (Wildman–Crippen MR) is 82.2 cm³/mol. The highest BCUT2D eigenvalue weighted by Crippen LogP contribution is 2.31. The second kappa shape index (κ2) is 6.13. The average molecular weight is 325 g/mol. The molecule has 1 N–H and O–H groups in total. The second-order valence-electron chi connectivity index (χ2n) is 4.96. The van der Waals surface area contributed by atoms with E-state index in [1.807, 2.05) is 22.4 Å². The van der Waals surface area contributed by atoms with Crippen LogP contribution in [-0.2, 0) is 9.53 Å². The Balaban J connectivity index is 1.57. The molecule has 1 fully saturated rings. The van der Waals surface area contributed by atoms with Gasteiger partial charge >= 0.3 is 5.97 Å². The topological polar surface area (TPSA) is 66.8 Å². The Morgan fingerprint density at radius 3 is 2.76 bits per heavy atom. The van der Waals surface area contributed by atoms with Gasteiger partial charge in [0.05, 0.1) is 11.0 Å². The first-order chi connectivity index (χ1) is 10.1. The van der Waals surface area contributed by atoms with E-state index in [9.17, 15) is 9.59 Å². The van der Waals surface area contributed by atoms with Crippen LogP contribution in [0.1, 0.15) is 22.5 Å². The number of carbonyl (C=O) groups excluding carboxylic acids is 1. The number of aliphatic carboxylic acids is 1. The molecule has 0 aliphatic carbocycles. The Kier molecular flexibility index (Phi) is 4.23. The first-order valence-corrected chi connectivity index (χ1v) is 8.43. The highest BCUT2D eigenvalue weighted by molar-refractivity contribution is 7.27. The summed E-state index contributed by atoms with van der Waals surface area (Å²) in [7, 11) is 0. The standard InChI is InChI=1S/C14H15NO4S2/c16-13(17)8-19-9-1-4-15(5-2-9)14(18)12-7-11-10(21-12)3-6-20-11/h3,6-7,9H,1-2,4-5,8H2,(H,16,17). The first-order valence-electron chi connectivity index (χ1n) is 6.73. The fourth-order valence-corrected chi connectivity index (χ4v) is 4.52. The zero-order chi connectivity index (χ0) is 14.8. The molecule has 0 unspecified atom stereocenters. The maximum absolute atomic E-state index is 12.4. The molecule has 0 spiro atoms. The summed E-state index contributed by atoms with van der Waals surface area (Å²) in [6.45, 7) is 0.975. The number of amides is 1.